The van der Waals surface area contributed by atoms with Gasteiger partial charge in [0.25, 0.3) is 0 Å². The number of carbonyl (C=O) groups excluding carboxylic acids is 1. The molecule has 10 heteroatoms. The minimum absolute atomic E-state index is 0.163. The number of ketones is 1. The number of hydrogen-bond donors (Lipinski definition) is 2. The number of benzene rings is 2. The van der Waals surface area contributed by atoms with Crippen LogP contribution >= 0.6 is 0 Å². The van der Waals surface area contributed by atoms with Gasteiger partial charge in [0, 0.05) is 43.2 Å². The van der Waals surface area contributed by atoms with E-state index in [2.05, 4.69) is 41.0 Å². The predicted molar refractivity (Wildman–Crippen MR) is 184 cm³/mol. The fourth-order valence-corrected chi connectivity index (χ4v) is 7.14. The SMILES string of the molecule is CC1=CC(n2ncc(C(=O)c3cc4cc(OC5CCN(C(C)C)CC5)c(C5CCOCC5)cc4[nH]3)c2N)CC=C1Oc1ccccc1F. The van der Waals surface area contributed by atoms with Crippen LogP contribution in [-0.2, 0) is 4.74 Å². The zero-order valence-corrected chi connectivity index (χ0v) is 27.9. The number of ether oxygens (including phenoxy) is 3. The number of para-hydroxylation sites is 1. The summed E-state index contributed by atoms with van der Waals surface area (Å²) in [6.07, 6.45) is 9.97. The number of carbonyl (C=O) groups is 1. The fraction of sp³-hybridized carbons (Fsp3) is 0.421. The smallest absolute Gasteiger partial charge is 0.214 e. The van der Waals surface area contributed by atoms with E-state index in [0.29, 0.717) is 41.2 Å². The molecule has 9 nitrogen and oxygen atoms in total. The van der Waals surface area contributed by atoms with Crippen LogP contribution in [0, 0.1) is 5.82 Å². The minimum Gasteiger partial charge on any atom is -0.490 e. The van der Waals surface area contributed by atoms with Crippen molar-refractivity contribution in [2.24, 2.45) is 0 Å². The van der Waals surface area contributed by atoms with Gasteiger partial charge in [-0.1, -0.05) is 18.2 Å². The molecule has 1 atom stereocenters. The molecular weight excluding hydrogens is 609 g/mol. The van der Waals surface area contributed by atoms with Gasteiger partial charge in [-0.3, -0.25) is 4.79 Å². The number of piperidine rings is 1. The molecule has 4 aromatic rings. The van der Waals surface area contributed by atoms with Crippen LogP contribution in [0.2, 0.25) is 0 Å². The first-order chi connectivity index (χ1) is 23.2. The largest absolute Gasteiger partial charge is 0.490 e. The highest BCUT2D eigenvalue weighted by Crippen LogP contribution is 2.39. The first kappa shape index (κ1) is 32.2. The lowest BCUT2D eigenvalue weighted by molar-refractivity contribution is 0.0760. The third kappa shape index (κ3) is 6.51. The summed E-state index contributed by atoms with van der Waals surface area (Å²) in [4.78, 5) is 19.7. The monoisotopic (exact) mass is 653 g/mol. The van der Waals surface area contributed by atoms with E-state index in [1.165, 1.54) is 17.8 Å². The number of H-pyrrole nitrogens is 1. The summed E-state index contributed by atoms with van der Waals surface area (Å²) < 4.78 is 34.1. The Balaban J connectivity index is 1.11. The molecule has 48 heavy (non-hydrogen) atoms. The van der Waals surface area contributed by atoms with Crippen molar-refractivity contribution in [2.45, 2.75) is 77.0 Å². The number of nitrogens with one attached hydrogen (secondary N) is 1. The number of nitrogens with zero attached hydrogens (tertiary/aromatic N) is 3. The standard InChI is InChI=1S/C38H44FN5O4/c1-23(2)43-14-10-28(11-15-43)47-36-20-26-19-33(42-32(26)21-29(36)25-12-16-46-17-13-25)37(45)30-22-41-44(38(30)40)27-8-9-34(24(3)18-27)48-35-7-5-4-6-31(35)39/h4-7,9,18-23,25,27-28,42H,8,10-17,40H2,1-3H3. The molecular formula is C38H44FN5O4. The molecule has 0 spiro atoms. The van der Waals surface area contributed by atoms with Crippen molar-refractivity contribution in [2.75, 3.05) is 32.0 Å². The number of aromatic nitrogens is 3. The van der Waals surface area contributed by atoms with Crippen molar-refractivity contribution in [3.63, 3.8) is 0 Å². The molecule has 2 aromatic heterocycles. The molecule has 2 aromatic carbocycles. The fourth-order valence-electron chi connectivity index (χ4n) is 7.14. The Labute approximate surface area is 280 Å². The Hall–Kier alpha value is -4.41. The van der Waals surface area contributed by atoms with E-state index in [-0.39, 0.29) is 23.7 Å². The Morgan fingerprint density at radius 3 is 2.58 bits per heavy atom. The highest BCUT2D eigenvalue weighted by atomic mass is 19.1. The number of allylic oxidation sites excluding steroid dienone is 3. The lowest BCUT2D eigenvalue weighted by atomic mass is 9.90. The van der Waals surface area contributed by atoms with Crippen LogP contribution in [0.4, 0.5) is 10.2 Å². The van der Waals surface area contributed by atoms with Gasteiger partial charge in [-0.15, -0.1) is 0 Å². The Morgan fingerprint density at radius 2 is 1.85 bits per heavy atom. The summed E-state index contributed by atoms with van der Waals surface area (Å²) in [5, 5.41) is 5.44. The summed E-state index contributed by atoms with van der Waals surface area (Å²) in [5.41, 5.74) is 10.3. The quantitative estimate of drug-likeness (QED) is 0.182. The van der Waals surface area contributed by atoms with E-state index < -0.39 is 5.82 Å². The van der Waals surface area contributed by atoms with E-state index in [1.807, 2.05) is 25.1 Å². The van der Waals surface area contributed by atoms with Crippen LogP contribution in [0.1, 0.15) is 86.5 Å². The molecule has 2 aliphatic heterocycles. The van der Waals surface area contributed by atoms with Gasteiger partial charge in [0.05, 0.1) is 23.5 Å². The molecule has 2 fully saturated rings. The Bertz CT molecular complexity index is 1860. The first-order valence-electron chi connectivity index (χ1n) is 17.1. The normalized spacial score (nSPS) is 19.8. The molecule has 7 rings (SSSR count). The van der Waals surface area contributed by atoms with Gasteiger partial charge in [0.2, 0.25) is 5.78 Å². The molecule has 1 unspecified atom stereocenters. The van der Waals surface area contributed by atoms with Crippen molar-refractivity contribution in [3.8, 4) is 11.5 Å². The molecule has 3 N–H and O–H groups in total. The minimum atomic E-state index is -0.421. The third-order valence-corrected chi connectivity index (χ3v) is 9.98. The summed E-state index contributed by atoms with van der Waals surface area (Å²) in [6, 6.07) is 12.8. The molecule has 1 aliphatic carbocycles. The maximum absolute atomic E-state index is 14.2. The molecule has 4 heterocycles. The second-order valence-electron chi connectivity index (χ2n) is 13.5. The van der Waals surface area contributed by atoms with Crippen molar-refractivity contribution in [1.29, 1.82) is 0 Å². The number of anilines is 1. The van der Waals surface area contributed by atoms with Gasteiger partial charge >= 0.3 is 0 Å². The average Bonchev–Trinajstić information content (AvgIpc) is 3.69. The van der Waals surface area contributed by atoms with Crippen molar-refractivity contribution >= 4 is 22.5 Å². The van der Waals surface area contributed by atoms with Gasteiger partial charge in [-0.25, -0.2) is 9.07 Å². The van der Waals surface area contributed by atoms with E-state index in [1.54, 1.807) is 22.9 Å². The summed E-state index contributed by atoms with van der Waals surface area (Å²) in [7, 11) is 0. The molecule has 0 saturated carbocycles. The van der Waals surface area contributed by atoms with E-state index in [9.17, 15) is 9.18 Å². The van der Waals surface area contributed by atoms with Crippen molar-refractivity contribution < 1.29 is 23.4 Å². The van der Waals surface area contributed by atoms with Gasteiger partial charge in [0.1, 0.15) is 23.4 Å². The second-order valence-corrected chi connectivity index (χ2v) is 13.5. The summed E-state index contributed by atoms with van der Waals surface area (Å²) >= 11 is 0. The Morgan fingerprint density at radius 1 is 1.08 bits per heavy atom. The number of fused-ring (bicyclic) bond motifs is 1. The highest BCUT2D eigenvalue weighted by Gasteiger charge is 2.28. The maximum Gasteiger partial charge on any atom is 0.214 e. The van der Waals surface area contributed by atoms with Gasteiger partial charge in [-0.05, 0) is 106 Å². The molecule has 3 aliphatic rings. The van der Waals surface area contributed by atoms with Crippen molar-refractivity contribution in [1.82, 2.24) is 19.7 Å². The van der Waals surface area contributed by atoms with Crippen LogP contribution in [-0.4, -0.2) is 63.9 Å². The topological polar surface area (TPSA) is 108 Å². The van der Waals surface area contributed by atoms with Crippen LogP contribution in [0.25, 0.3) is 10.9 Å². The van der Waals surface area contributed by atoms with Crippen LogP contribution in [0.5, 0.6) is 11.5 Å². The average molecular weight is 654 g/mol. The van der Waals surface area contributed by atoms with Crippen molar-refractivity contribution in [3.05, 3.63) is 94.8 Å². The van der Waals surface area contributed by atoms with Gasteiger partial charge in [-0.2, -0.15) is 5.10 Å². The molecule has 0 radical (unpaired) electrons. The maximum atomic E-state index is 14.2. The Kier molecular flexibility index (Phi) is 9.11. The zero-order valence-electron chi connectivity index (χ0n) is 27.9. The van der Waals surface area contributed by atoms with E-state index >= 15 is 0 Å². The van der Waals surface area contributed by atoms with E-state index in [0.717, 1.165) is 74.2 Å². The summed E-state index contributed by atoms with van der Waals surface area (Å²) in [6.45, 7) is 9.92. The van der Waals surface area contributed by atoms with E-state index in [4.69, 9.17) is 19.9 Å². The lowest BCUT2D eigenvalue weighted by Gasteiger charge is -2.35. The van der Waals surface area contributed by atoms with Crippen LogP contribution in [0.3, 0.4) is 0 Å². The van der Waals surface area contributed by atoms with Crippen LogP contribution in [0.15, 0.2) is 72.1 Å². The van der Waals surface area contributed by atoms with Gasteiger partial charge < -0.3 is 29.8 Å². The van der Waals surface area contributed by atoms with Crippen LogP contribution < -0.4 is 15.2 Å². The molecule has 0 amide bonds. The number of halogens is 1. The third-order valence-electron chi connectivity index (χ3n) is 9.98. The summed E-state index contributed by atoms with van der Waals surface area (Å²) in [5.74, 6) is 1.65. The second kappa shape index (κ2) is 13.6. The number of aromatic amines is 1. The molecule has 252 valence electrons. The number of nitrogen functional groups attached to an aromatic ring is 1. The zero-order chi connectivity index (χ0) is 33.4. The first-order valence-corrected chi connectivity index (χ1v) is 17.1. The number of nitrogens with two attached hydrogens (primary N) is 1. The highest BCUT2D eigenvalue weighted by molar-refractivity contribution is 6.12. The number of rotatable bonds is 9. The predicted octanol–water partition coefficient (Wildman–Crippen LogP) is 7.32. The number of hydrogen-bond acceptors (Lipinski definition) is 7. The molecule has 2 saturated heterocycles. The lowest BCUT2D eigenvalue weighted by Crippen LogP contribution is -2.41. The van der Waals surface area contributed by atoms with Gasteiger partial charge in [0.15, 0.2) is 11.6 Å². The molecule has 0 bridgehead atoms. The number of likely N-dealkylation sites (tertiary alicyclic amines) is 1.